The van der Waals surface area contributed by atoms with Crippen molar-refractivity contribution < 1.29 is 13.6 Å². The number of aldehydes is 1. The average Bonchev–Trinajstić information content (AvgIpc) is 2.70. The standard InChI is InChI=1S/C10H11FS2.C7H5FO.C3H8S2.CH4/c11-9-4-1-3-8(7-9)10-12-5-2-6-13-10;8-7-3-1-2-6(4-7)5-9;4-2-1-3-5;/h1,3-4,7,10H,2,5-6H2;1-5H;4-5H,1-3H2;1H4. The van der Waals surface area contributed by atoms with Gasteiger partial charge in [-0.05, 0) is 65.7 Å². The van der Waals surface area contributed by atoms with E-state index in [1.54, 1.807) is 18.2 Å². The molecule has 0 aromatic heterocycles. The molecule has 3 rings (SSSR count). The number of hydrogen-bond donors (Lipinski definition) is 2. The van der Waals surface area contributed by atoms with Gasteiger partial charge in [0.1, 0.15) is 17.9 Å². The van der Waals surface area contributed by atoms with E-state index in [-0.39, 0.29) is 19.1 Å². The SMILES string of the molecule is C.Fc1cccc(C2SCCCS2)c1.O=Cc1cccc(F)c1.SCCCS. The molecule has 0 N–H and O–H groups in total. The largest absolute Gasteiger partial charge is 0.298 e. The molecule has 1 heterocycles. The molecule has 1 fully saturated rings. The molecule has 1 saturated heterocycles. The summed E-state index contributed by atoms with van der Waals surface area (Å²) in [4.78, 5) is 9.99. The van der Waals surface area contributed by atoms with E-state index in [0.29, 0.717) is 16.4 Å². The van der Waals surface area contributed by atoms with Gasteiger partial charge in [-0.2, -0.15) is 25.3 Å². The fourth-order valence-electron chi connectivity index (χ4n) is 1.98. The highest BCUT2D eigenvalue weighted by atomic mass is 32.2. The Morgan fingerprint density at radius 2 is 1.54 bits per heavy atom. The van der Waals surface area contributed by atoms with Crippen LogP contribution in [0.15, 0.2) is 48.5 Å². The van der Waals surface area contributed by atoms with Crippen molar-refractivity contribution in [2.75, 3.05) is 23.0 Å². The van der Waals surface area contributed by atoms with Crippen molar-refractivity contribution in [3.63, 3.8) is 0 Å². The van der Waals surface area contributed by atoms with Crippen LogP contribution >= 0.6 is 48.8 Å². The van der Waals surface area contributed by atoms with Gasteiger partial charge in [0.2, 0.25) is 0 Å². The summed E-state index contributed by atoms with van der Waals surface area (Å²) in [6.45, 7) is 0. The van der Waals surface area contributed by atoms with Crippen molar-refractivity contribution in [3.8, 4) is 0 Å². The van der Waals surface area contributed by atoms with E-state index < -0.39 is 0 Å². The number of benzene rings is 2. The predicted molar refractivity (Wildman–Crippen MR) is 130 cm³/mol. The minimum atomic E-state index is -0.375. The smallest absolute Gasteiger partial charge is 0.150 e. The summed E-state index contributed by atoms with van der Waals surface area (Å²) < 4.78 is 25.5. The number of rotatable bonds is 4. The maximum atomic E-state index is 12.9. The zero-order valence-electron chi connectivity index (χ0n) is 14.9. The normalized spacial score (nSPS) is 13.1. The summed E-state index contributed by atoms with van der Waals surface area (Å²) in [5.41, 5.74) is 1.49. The second kappa shape index (κ2) is 17.2. The second-order valence-corrected chi connectivity index (χ2v) is 9.07. The molecule has 0 amide bonds. The van der Waals surface area contributed by atoms with Gasteiger partial charge < -0.3 is 0 Å². The first-order chi connectivity index (χ1) is 13.1. The Morgan fingerprint density at radius 3 is 1.96 bits per heavy atom. The molecule has 7 heteroatoms. The molecule has 0 radical (unpaired) electrons. The lowest BCUT2D eigenvalue weighted by atomic mass is 10.2. The van der Waals surface area contributed by atoms with Crippen molar-refractivity contribution in [3.05, 3.63) is 71.3 Å². The Balaban J connectivity index is 0.000000427. The van der Waals surface area contributed by atoms with Crippen LogP contribution in [-0.2, 0) is 0 Å². The molecule has 2 aromatic rings. The molecular weight excluding hydrogens is 434 g/mol. The monoisotopic (exact) mass is 462 g/mol. The lowest BCUT2D eigenvalue weighted by molar-refractivity contribution is 0.112. The molecule has 156 valence electrons. The molecule has 2 aromatic carbocycles. The first-order valence-electron chi connectivity index (χ1n) is 8.51. The average molecular weight is 463 g/mol. The van der Waals surface area contributed by atoms with E-state index >= 15 is 0 Å². The Bertz CT molecular complexity index is 662. The van der Waals surface area contributed by atoms with Crippen LogP contribution in [0.3, 0.4) is 0 Å². The summed E-state index contributed by atoms with van der Waals surface area (Å²) in [7, 11) is 0. The van der Waals surface area contributed by atoms with Gasteiger partial charge in [-0.25, -0.2) is 8.78 Å². The Hall–Kier alpha value is -0.630. The van der Waals surface area contributed by atoms with Gasteiger partial charge in [-0.1, -0.05) is 31.7 Å². The lowest BCUT2D eigenvalue weighted by Crippen LogP contribution is -2.00. The highest BCUT2D eigenvalue weighted by molar-refractivity contribution is 8.16. The minimum Gasteiger partial charge on any atom is -0.298 e. The highest BCUT2D eigenvalue weighted by Crippen LogP contribution is 2.43. The van der Waals surface area contributed by atoms with Crippen LogP contribution in [-0.4, -0.2) is 29.3 Å². The summed E-state index contributed by atoms with van der Waals surface area (Å²) >= 11 is 11.7. The minimum absolute atomic E-state index is 0. The summed E-state index contributed by atoms with van der Waals surface area (Å²) in [6.07, 6.45) is 3.01. The third kappa shape index (κ3) is 12.0. The number of carbonyl (C=O) groups excluding carboxylic acids is 1. The maximum Gasteiger partial charge on any atom is 0.150 e. The van der Waals surface area contributed by atoms with E-state index in [2.05, 4.69) is 25.3 Å². The van der Waals surface area contributed by atoms with Crippen molar-refractivity contribution >= 4 is 55.1 Å². The molecule has 1 aliphatic rings. The number of hydrogen-bond acceptors (Lipinski definition) is 5. The summed E-state index contributed by atoms with van der Waals surface area (Å²) in [6, 6.07) is 12.5. The van der Waals surface area contributed by atoms with Gasteiger partial charge >= 0.3 is 0 Å². The number of thioether (sulfide) groups is 2. The second-order valence-electron chi connectivity index (χ2n) is 5.46. The van der Waals surface area contributed by atoms with Crippen molar-refractivity contribution in [1.82, 2.24) is 0 Å². The third-order valence-corrected chi connectivity index (χ3v) is 6.90. The molecule has 28 heavy (non-hydrogen) atoms. The molecular formula is C21H28F2OS4. The molecule has 1 aliphatic heterocycles. The van der Waals surface area contributed by atoms with E-state index in [0.717, 1.165) is 23.5 Å². The van der Waals surface area contributed by atoms with Crippen molar-refractivity contribution in [2.45, 2.75) is 24.9 Å². The topological polar surface area (TPSA) is 17.1 Å². The fraction of sp³-hybridized carbons (Fsp3) is 0.381. The number of halogens is 2. The van der Waals surface area contributed by atoms with Gasteiger partial charge in [0, 0.05) is 5.56 Å². The first-order valence-corrected chi connectivity index (χ1v) is 11.9. The number of thiol groups is 2. The summed E-state index contributed by atoms with van der Waals surface area (Å²) in [5, 5.41) is 0. The molecule has 0 bridgehead atoms. The van der Waals surface area contributed by atoms with Gasteiger partial charge in [0.05, 0.1) is 4.58 Å². The quantitative estimate of drug-likeness (QED) is 0.369. The lowest BCUT2D eigenvalue weighted by Gasteiger charge is -2.20. The Labute approximate surface area is 187 Å². The maximum absolute atomic E-state index is 12.9. The van der Waals surface area contributed by atoms with Crippen LogP contribution in [0.2, 0.25) is 0 Å². The van der Waals surface area contributed by atoms with Gasteiger partial charge in [0.15, 0.2) is 0 Å². The zero-order chi connectivity index (χ0) is 19.9. The molecule has 1 nitrogen and oxygen atoms in total. The number of carbonyl (C=O) groups is 1. The van der Waals surface area contributed by atoms with Crippen LogP contribution in [0.1, 0.15) is 40.8 Å². The van der Waals surface area contributed by atoms with Crippen molar-refractivity contribution in [1.29, 1.82) is 0 Å². The van der Waals surface area contributed by atoms with Crippen LogP contribution in [0.4, 0.5) is 8.78 Å². The molecule has 0 spiro atoms. The third-order valence-electron chi connectivity index (χ3n) is 3.25. The van der Waals surface area contributed by atoms with E-state index in [1.807, 2.05) is 29.6 Å². The highest BCUT2D eigenvalue weighted by Gasteiger charge is 2.16. The molecule has 0 aliphatic carbocycles. The van der Waals surface area contributed by atoms with Gasteiger partial charge in [-0.3, -0.25) is 4.79 Å². The summed E-state index contributed by atoms with van der Waals surface area (Å²) in [5.74, 6) is 3.83. The molecule has 0 unspecified atom stereocenters. The Kier molecular flexibility index (Phi) is 16.9. The van der Waals surface area contributed by atoms with E-state index in [9.17, 15) is 13.6 Å². The first kappa shape index (κ1) is 27.4. The predicted octanol–water partition coefficient (Wildman–Crippen LogP) is 7.20. The van der Waals surface area contributed by atoms with Gasteiger partial charge in [-0.15, -0.1) is 23.5 Å². The molecule has 0 atom stereocenters. The molecule has 0 saturated carbocycles. The van der Waals surface area contributed by atoms with Crippen molar-refractivity contribution in [2.24, 2.45) is 0 Å². The van der Waals surface area contributed by atoms with Crippen LogP contribution in [0, 0.1) is 11.6 Å². The van der Waals surface area contributed by atoms with E-state index in [4.69, 9.17) is 0 Å². The van der Waals surface area contributed by atoms with E-state index in [1.165, 1.54) is 42.2 Å². The van der Waals surface area contributed by atoms with Crippen LogP contribution in [0.25, 0.3) is 0 Å². The van der Waals surface area contributed by atoms with Crippen LogP contribution < -0.4 is 0 Å². The fourth-order valence-corrected chi connectivity index (χ4v) is 5.42. The zero-order valence-corrected chi connectivity index (χ0v) is 18.3. The Morgan fingerprint density at radius 1 is 0.964 bits per heavy atom. The van der Waals surface area contributed by atoms with Crippen LogP contribution in [0.5, 0.6) is 0 Å². The van der Waals surface area contributed by atoms with Gasteiger partial charge in [0.25, 0.3) is 0 Å².